The third-order valence-electron chi connectivity index (χ3n) is 2.17. The Hall–Kier alpha value is -2.40. The average molecular weight is 340 g/mol. The van der Waals surface area contributed by atoms with Crippen LogP contribution in [0.2, 0.25) is 0 Å². The van der Waals surface area contributed by atoms with E-state index in [4.69, 9.17) is 10.4 Å². The number of carboxylic acid groups (broad SMARTS) is 1. The smallest absolute Gasteiger partial charge is 0.325 e. The van der Waals surface area contributed by atoms with Gasteiger partial charge in [0.2, 0.25) is 5.91 Å². The number of nitrogens with zero attached hydrogens (tertiary/aromatic N) is 1. The van der Waals surface area contributed by atoms with Crippen molar-refractivity contribution in [2.75, 3.05) is 5.32 Å². The van der Waals surface area contributed by atoms with Crippen molar-refractivity contribution in [1.29, 1.82) is 5.26 Å². The van der Waals surface area contributed by atoms with E-state index in [1.54, 1.807) is 6.07 Å². The van der Waals surface area contributed by atoms with Crippen LogP contribution in [0.15, 0.2) is 22.7 Å². The molecule has 3 N–H and O–H groups in total. The monoisotopic (exact) mass is 339 g/mol. The van der Waals surface area contributed by atoms with E-state index in [2.05, 4.69) is 21.2 Å². The molecule has 104 valence electrons. The lowest BCUT2D eigenvalue weighted by Gasteiger charge is -2.08. The zero-order valence-electron chi connectivity index (χ0n) is 10.1. The molecule has 0 aliphatic carbocycles. The van der Waals surface area contributed by atoms with Gasteiger partial charge in [0.15, 0.2) is 0 Å². The molecule has 0 unspecified atom stereocenters. The lowest BCUT2D eigenvalue weighted by molar-refractivity contribution is -0.138. The van der Waals surface area contributed by atoms with E-state index in [-0.39, 0.29) is 24.1 Å². The number of amides is 3. The molecule has 0 saturated carbocycles. The van der Waals surface area contributed by atoms with Gasteiger partial charge < -0.3 is 10.4 Å². The lowest BCUT2D eigenvalue weighted by atomic mass is 10.2. The van der Waals surface area contributed by atoms with Gasteiger partial charge in [-0.2, -0.15) is 5.26 Å². The van der Waals surface area contributed by atoms with Crippen molar-refractivity contribution in [1.82, 2.24) is 5.32 Å². The van der Waals surface area contributed by atoms with Crippen molar-refractivity contribution in [3.8, 4) is 6.07 Å². The lowest BCUT2D eigenvalue weighted by Crippen LogP contribution is -2.34. The van der Waals surface area contributed by atoms with Crippen LogP contribution in [0.1, 0.15) is 18.4 Å². The maximum Gasteiger partial charge on any atom is 0.325 e. The Morgan fingerprint density at radius 3 is 2.60 bits per heavy atom. The predicted octanol–water partition coefficient (Wildman–Crippen LogP) is 1.83. The van der Waals surface area contributed by atoms with Crippen LogP contribution in [0.4, 0.5) is 10.5 Å². The Kier molecular flexibility index (Phi) is 5.68. The summed E-state index contributed by atoms with van der Waals surface area (Å²) in [7, 11) is 0. The first-order valence-electron chi connectivity index (χ1n) is 5.44. The van der Waals surface area contributed by atoms with Gasteiger partial charge in [-0.3, -0.25) is 14.9 Å². The topological polar surface area (TPSA) is 119 Å². The molecule has 0 radical (unpaired) electrons. The Morgan fingerprint density at radius 2 is 2.00 bits per heavy atom. The number of nitrogens with one attached hydrogen (secondary N) is 2. The molecule has 0 heterocycles. The molecule has 20 heavy (non-hydrogen) atoms. The summed E-state index contributed by atoms with van der Waals surface area (Å²) < 4.78 is 0.678. The first kappa shape index (κ1) is 15.7. The second-order valence-electron chi connectivity index (χ2n) is 3.70. The summed E-state index contributed by atoms with van der Waals surface area (Å²) in [5, 5.41) is 21.6. The van der Waals surface area contributed by atoms with E-state index < -0.39 is 17.9 Å². The summed E-state index contributed by atoms with van der Waals surface area (Å²) in [6.07, 6.45) is -0.658. The van der Waals surface area contributed by atoms with Crippen LogP contribution < -0.4 is 10.6 Å². The van der Waals surface area contributed by atoms with Crippen molar-refractivity contribution in [3.63, 3.8) is 0 Å². The fraction of sp³-hybridized carbons (Fsp3) is 0.167. The van der Waals surface area contributed by atoms with E-state index in [1.165, 1.54) is 12.1 Å². The minimum atomic E-state index is -1.12. The van der Waals surface area contributed by atoms with Crippen LogP contribution in [0.5, 0.6) is 0 Å². The number of hydrogen-bond acceptors (Lipinski definition) is 4. The van der Waals surface area contributed by atoms with Crippen LogP contribution in [-0.4, -0.2) is 23.0 Å². The maximum absolute atomic E-state index is 11.5. The Bertz CT molecular complexity index is 595. The quantitative estimate of drug-likeness (QED) is 0.772. The number of hydrogen-bond donors (Lipinski definition) is 3. The van der Waals surface area contributed by atoms with Gasteiger partial charge >= 0.3 is 12.0 Å². The first-order valence-corrected chi connectivity index (χ1v) is 6.24. The van der Waals surface area contributed by atoms with Gasteiger partial charge in [0.25, 0.3) is 0 Å². The third kappa shape index (κ3) is 5.07. The number of nitriles is 1. The van der Waals surface area contributed by atoms with Gasteiger partial charge in [-0.05, 0) is 18.2 Å². The summed E-state index contributed by atoms with van der Waals surface area (Å²) in [4.78, 5) is 33.0. The molecule has 7 nitrogen and oxygen atoms in total. The molecule has 0 atom stereocenters. The zero-order valence-corrected chi connectivity index (χ0v) is 11.7. The van der Waals surface area contributed by atoms with Crippen LogP contribution in [-0.2, 0) is 9.59 Å². The fourth-order valence-electron chi connectivity index (χ4n) is 1.28. The van der Waals surface area contributed by atoms with Gasteiger partial charge in [0, 0.05) is 10.9 Å². The van der Waals surface area contributed by atoms with Crippen molar-refractivity contribution in [3.05, 3.63) is 28.2 Å². The minimum absolute atomic E-state index is 0.229. The minimum Gasteiger partial charge on any atom is -0.481 e. The highest BCUT2D eigenvalue weighted by Gasteiger charge is 2.11. The molecular formula is C12H10BrN3O4. The van der Waals surface area contributed by atoms with E-state index in [1.807, 2.05) is 11.4 Å². The molecule has 3 amide bonds. The van der Waals surface area contributed by atoms with Gasteiger partial charge in [-0.1, -0.05) is 15.9 Å². The van der Waals surface area contributed by atoms with Crippen molar-refractivity contribution < 1.29 is 19.5 Å². The number of benzene rings is 1. The molecule has 1 rings (SSSR count). The number of urea groups is 1. The van der Waals surface area contributed by atoms with Gasteiger partial charge in [0.05, 0.1) is 17.7 Å². The Morgan fingerprint density at radius 1 is 1.30 bits per heavy atom. The highest BCUT2D eigenvalue weighted by atomic mass is 79.9. The summed E-state index contributed by atoms with van der Waals surface area (Å²) in [6, 6.07) is 5.73. The van der Waals surface area contributed by atoms with Crippen LogP contribution in [0.25, 0.3) is 0 Å². The first-order chi connectivity index (χ1) is 9.42. The Labute approximate surface area is 122 Å². The highest BCUT2D eigenvalue weighted by molar-refractivity contribution is 9.10. The summed E-state index contributed by atoms with van der Waals surface area (Å²) >= 11 is 3.19. The maximum atomic E-state index is 11.5. The zero-order chi connectivity index (χ0) is 15.1. The SMILES string of the molecule is N#Cc1cc(Br)ccc1NC(=O)NC(=O)CCC(=O)O. The van der Waals surface area contributed by atoms with Gasteiger partial charge in [-0.25, -0.2) is 4.79 Å². The third-order valence-corrected chi connectivity index (χ3v) is 2.66. The average Bonchev–Trinajstić information content (AvgIpc) is 2.38. The molecule has 0 saturated heterocycles. The molecule has 0 aliphatic heterocycles. The number of anilines is 1. The largest absolute Gasteiger partial charge is 0.481 e. The molecule has 1 aromatic carbocycles. The van der Waals surface area contributed by atoms with Gasteiger partial charge in [0.1, 0.15) is 6.07 Å². The molecular weight excluding hydrogens is 330 g/mol. The molecule has 0 fully saturated rings. The molecule has 1 aromatic rings. The molecule has 8 heteroatoms. The fourth-order valence-corrected chi connectivity index (χ4v) is 1.64. The second-order valence-corrected chi connectivity index (χ2v) is 4.61. The van der Waals surface area contributed by atoms with Crippen LogP contribution in [0.3, 0.4) is 0 Å². The van der Waals surface area contributed by atoms with E-state index >= 15 is 0 Å². The van der Waals surface area contributed by atoms with Crippen molar-refractivity contribution in [2.45, 2.75) is 12.8 Å². The van der Waals surface area contributed by atoms with Gasteiger partial charge in [-0.15, -0.1) is 0 Å². The summed E-state index contributed by atoms with van der Waals surface area (Å²) in [5.74, 6) is -1.83. The standard InChI is InChI=1S/C12H10BrN3O4/c13-8-1-2-9(7(5-8)6-14)15-12(20)16-10(17)3-4-11(18)19/h1-2,5H,3-4H2,(H,18,19)(H2,15,16,17,20). The number of halogens is 1. The predicted molar refractivity (Wildman–Crippen MR) is 72.9 cm³/mol. The highest BCUT2D eigenvalue weighted by Crippen LogP contribution is 2.20. The van der Waals surface area contributed by atoms with Crippen molar-refractivity contribution in [2.24, 2.45) is 0 Å². The summed E-state index contributed by atoms with van der Waals surface area (Å²) in [5.41, 5.74) is 0.478. The number of carbonyl (C=O) groups excluding carboxylic acids is 2. The Balaban J connectivity index is 2.61. The number of rotatable bonds is 4. The molecule has 0 bridgehead atoms. The molecule has 0 aliphatic rings. The van der Waals surface area contributed by atoms with Crippen molar-refractivity contribution >= 4 is 39.5 Å². The number of aliphatic carboxylic acids is 1. The number of carbonyl (C=O) groups is 3. The summed E-state index contributed by atoms with van der Waals surface area (Å²) in [6.45, 7) is 0. The van der Waals surface area contributed by atoms with Crippen LogP contribution in [0, 0.1) is 11.3 Å². The van der Waals surface area contributed by atoms with Crippen LogP contribution >= 0.6 is 15.9 Å². The van der Waals surface area contributed by atoms with E-state index in [0.717, 1.165) is 0 Å². The van der Waals surface area contributed by atoms with E-state index in [0.29, 0.717) is 4.47 Å². The molecule has 0 spiro atoms. The normalized spacial score (nSPS) is 9.40. The number of imide groups is 1. The second kappa shape index (κ2) is 7.25. The number of carboxylic acids is 1. The molecule has 0 aromatic heterocycles. The van der Waals surface area contributed by atoms with E-state index in [9.17, 15) is 14.4 Å².